The number of aliphatic hydroxyl groups is 1. The van der Waals surface area contributed by atoms with Crippen LogP contribution in [0, 0.1) is 0 Å². The molecule has 2 atom stereocenters. The van der Waals surface area contributed by atoms with Gasteiger partial charge in [-0.15, -0.1) is 0 Å². The van der Waals surface area contributed by atoms with Crippen molar-refractivity contribution in [3.63, 3.8) is 0 Å². The highest BCUT2D eigenvalue weighted by molar-refractivity contribution is 5.82. The second-order valence-electron chi connectivity index (χ2n) is 5.15. The lowest BCUT2D eigenvalue weighted by atomic mass is 10.1. The highest BCUT2D eigenvalue weighted by atomic mass is 16.6. The summed E-state index contributed by atoms with van der Waals surface area (Å²) in [6.07, 6.45) is -0.862. The van der Waals surface area contributed by atoms with Crippen LogP contribution in [-0.4, -0.2) is 59.3 Å². The topological polar surface area (TPSA) is 122 Å². The van der Waals surface area contributed by atoms with Crippen molar-refractivity contribution in [2.24, 2.45) is 5.73 Å². The van der Waals surface area contributed by atoms with Crippen molar-refractivity contribution in [1.29, 1.82) is 0 Å². The van der Waals surface area contributed by atoms with Crippen LogP contribution in [0.2, 0.25) is 0 Å². The fourth-order valence-corrected chi connectivity index (χ4v) is 2.15. The number of nitrogens with one attached hydrogen (secondary N) is 1. The molecule has 3 amide bonds. The molecule has 1 unspecified atom stereocenters. The molecule has 1 saturated carbocycles. The van der Waals surface area contributed by atoms with Crippen LogP contribution in [0.3, 0.4) is 0 Å². The van der Waals surface area contributed by atoms with Gasteiger partial charge in [0.25, 0.3) is 5.91 Å². The van der Waals surface area contributed by atoms with Crippen molar-refractivity contribution in [1.82, 2.24) is 10.2 Å². The van der Waals surface area contributed by atoms with Gasteiger partial charge in [0.05, 0.1) is 6.54 Å². The number of primary amides is 1. The lowest BCUT2D eigenvalue weighted by molar-refractivity contribution is -0.139. The maximum absolute atomic E-state index is 11.8. The number of nitrogens with zero attached hydrogens (tertiary/aromatic N) is 1. The maximum Gasteiger partial charge on any atom is 0.404 e. The molecule has 1 aliphatic heterocycles. The number of carbonyl (C=O) groups is 3. The summed E-state index contributed by atoms with van der Waals surface area (Å²) in [6.45, 7) is 0.495. The Balaban J connectivity index is 1.95. The van der Waals surface area contributed by atoms with E-state index in [1.165, 1.54) is 4.90 Å². The molecule has 8 nitrogen and oxygen atoms in total. The largest absolute Gasteiger partial charge is 0.441 e. The highest BCUT2D eigenvalue weighted by Crippen LogP contribution is 2.19. The van der Waals surface area contributed by atoms with Gasteiger partial charge in [-0.3, -0.25) is 9.59 Å². The van der Waals surface area contributed by atoms with E-state index in [0.717, 1.165) is 12.8 Å². The summed E-state index contributed by atoms with van der Waals surface area (Å²) in [5.41, 5.74) is 4.95. The number of carbonyl (C=O) groups excluding carboxylic acids is 3. The minimum Gasteiger partial charge on any atom is -0.441 e. The van der Waals surface area contributed by atoms with Gasteiger partial charge < -0.3 is 25.8 Å². The zero-order chi connectivity index (χ0) is 14.7. The van der Waals surface area contributed by atoms with Crippen LogP contribution in [-0.2, 0) is 14.3 Å². The van der Waals surface area contributed by atoms with Crippen LogP contribution in [0.1, 0.15) is 25.7 Å². The number of amides is 3. The number of nitrogens with two attached hydrogens (primary N) is 1. The molecular formula is C12H19N3O5. The van der Waals surface area contributed by atoms with Gasteiger partial charge in [-0.2, -0.15) is 0 Å². The van der Waals surface area contributed by atoms with Crippen LogP contribution < -0.4 is 11.1 Å². The van der Waals surface area contributed by atoms with E-state index in [9.17, 15) is 19.5 Å². The Labute approximate surface area is 116 Å². The third-order valence-electron chi connectivity index (χ3n) is 3.38. The Hall–Kier alpha value is -1.83. The summed E-state index contributed by atoms with van der Waals surface area (Å²) in [6, 6.07) is 0.0831. The first-order valence-corrected chi connectivity index (χ1v) is 6.69. The first kappa shape index (κ1) is 14.6. The summed E-state index contributed by atoms with van der Waals surface area (Å²) in [5, 5.41) is 12.6. The fraction of sp³-hybridized carbons (Fsp3) is 0.750. The average molecular weight is 285 g/mol. The molecular weight excluding hydrogens is 266 g/mol. The molecule has 0 radical (unpaired) electrons. The zero-order valence-electron chi connectivity index (χ0n) is 11.1. The standard InChI is InChI=1S/C12H19N3O5/c13-12(19)20-8(6-15-5-1-2-9(15)16)10(17)11(18)14-7-3-4-7/h7-8,10,17H,1-6H2,(H2,13,19)(H,14,18)/t8-,10?/m0/s1. The van der Waals surface area contributed by atoms with E-state index < -0.39 is 24.2 Å². The van der Waals surface area contributed by atoms with Gasteiger partial charge in [0, 0.05) is 19.0 Å². The third kappa shape index (κ3) is 3.83. The molecule has 0 aromatic rings. The van der Waals surface area contributed by atoms with Crippen LogP contribution in [0.25, 0.3) is 0 Å². The van der Waals surface area contributed by atoms with Crippen molar-refractivity contribution in [3.8, 4) is 0 Å². The van der Waals surface area contributed by atoms with E-state index in [-0.39, 0.29) is 18.5 Å². The molecule has 8 heteroatoms. The summed E-state index contributed by atoms with van der Waals surface area (Å²) < 4.78 is 4.78. The second-order valence-corrected chi connectivity index (χ2v) is 5.15. The van der Waals surface area contributed by atoms with Gasteiger partial charge in [0.1, 0.15) is 0 Å². The monoisotopic (exact) mass is 285 g/mol. The molecule has 0 spiro atoms. The fourth-order valence-electron chi connectivity index (χ4n) is 2.15. The molecule has 20 heavy (non-hydrogen) atoms. The molecule has 2 aliphatic rings. The number of likely N-dealkylation sites (tertiary alicyclic amines) is 1. The van der Waals surface area contributed by atoms with Crippen molar-refractivity contribution < 1.29 is 24.2 Å². The predicted octanol–water partition coefficient (Wildman–Crippen LogP) is -1.29. The van der Waals surface area contributed by atoms with Crippen LogP contribution in [0.15, 0.2) is 0 Å². The van der Waals surface area contributed by atoms with Gasteiger partial charge in [-0.1, -0.05) is 0 Å². The lowest BCUT2D eigenvalue weighted by Gasteiger charge is -2.26. The van der Waals surface area contributed by atoms with Crippen molar-refractivity contribution in [3.05, 3.63) is 0 Å². The van der Waals surface area contributed by atoms with Gasteiger partial charge >= 0.3 is 6.09 Å². The second kappa shape index (κ2) is 6.08. The van der Waals surface area contributed by atoms with Gasteiger partial charge in [0.15, 0.2) is 12.2 Å². The molecule has 2 fully saturated rings. The average Bonchev–Trinajstić information content (AvgIpc) is 3.10. The Morgan fingerprint density at radius 3 is 2.70 bits per heavy atom. The quantitative estimate of drug-likeness (QED) is 0.560. The lowest BCUT2D eigenvalue weighted by Crippen LogP contribution is -2.50. The van der Waals surface area contributed by atoms with Crippen LogP contribution in [0.5, 0.6) is 0 Å². The SMILES string of the molecule is NC(=O)O[C@@H](CN1CCCC1=O)C(O)C(=O)NC1CC1. The molecule has 112 valence electrons. The summed E-state index contributed by atoms with van der Waals surface area (Å²) in [5.74, 6) is -0.691. The number of hydrogen-bond acceptors (Lipinski definition) is 5. The Morgan fingerprint density at radius 1 is 1.50 bits per heavy atom. The first-order chi connectivity index (χ1) is 9.47. The zero-order valence-corrected chi connectivity index (χ0v) is 11.1. The van der Waals surface area contributed by atoms with Crippen molar-refractivity contribution in [2.45, 2.75) is 43.9 Å². The minimum absolute atomic E-state index is 0.0268. The molecule has 0 aromatic heterocycles. The maximum atomic E-state index is 11.8. The van der Waals surface area contributed by atoms with E-state index >= 15 is 0 Å². The molecule has 0 bridgehead atoms. The van der Waals surface area contributed by atoms with Gasteiger partial charge in [0.2, 0.25) is 5.91 Å². The van der Waals surface area contributed by atoms with Crippen molar-refractivity contribution in [2.75, 3.05) is 13.1 Å². The van der Waals surface area contributed by atoms with E-state index in [1.54, 1.807) is 0 Å². The molecule has 1 heterocycles. The van der Waals surface area contributed by atoms with Crippen LogP contribution >= 0.6 is 0 Å². The first-order valence-electron chi connectivity index (χ1n) is 6.69. The molecule has 4 N–H and O–H groups in total. The Kier molecular flexibility index (Phi) is 4.43. The van der Waals surface area contributed by atoms with E-state index in [2.05, 4.69) is 5.32 Å². The summed E-state index contributed by atoms with van der Waals surface area (Å²) >= 11 is 0. The summed E-state index contributed by atoms with van der Waals surface area (Å²) in [4.78, 5) is 35.7. The number of ether oxygens (including phenoxy) is 1. The summed E-state index contributed by atoms with van der Waals surface area (Å²) in [7, 11) is 0. The normalized spacial score (nSPS) is 21.4. The Bertz CT molecular complexity index is 410. The third-order valence-corrected chi connectivity index (χ3v) is 3.38. The predicted molar refractivity (Wildman–Crippen MR) is 67.4 cm³/mol. The minimum atomic E-state index is -1.53. The Morgan fingerprint density at radius 2 is 2.20 bits per heavy atom. The molecule has 0 aromatic carbocycles. The molecule has 2 rings (SSSR count). The number of rotatable bonds is 6. The van der Waals surface area contributed by atoms with E-state index in [4.69, 9.17) is 10.5 Å². The van der Waals surface area contributed by atoms with Crippen molar-refractivity contribution >= 4 is 17.9 Å². The van der Waals surface area contributed by atoms with Gasteiger partial charge in [-0.05, 0) is 19.3 Å². The number of hydrogen-bond donors (Lipinski definition) is 3. The molecule has 1 aliphatic carbocycles. The smallest absolute Gasteiger partial charge is 0.404 e. The highest BCUT2D eigenvalue weighted by Gasteiger charge is 2.35. The van der Waals surface area contributed by atoms with E-state index in [1.807, 2.05) is 0 Å². The van der Waals surface area contributed by atoms with E-state index in [0.29, 0.717) is 19.4 Å². The van der Waals surface area contributed by atoms with Gasteiger partial charge in [-0.25, -0.2) is 4.79 Å². The van der Waals surface area contributed by atoms with Crippen LogP contribution in [0.4, 0.5) is 4.79 Å². The number of aliphatic hydroxyl groups excluding tert-OH is 1. The molecule has 1 saturated heterocycles.